The molecule has 3 heterocycles. The lowest BCUT2D eigenvalue weighted by molar-refractivity contribution is -0.131. The number of rotatable bonds is 4. The minimum absolute atomic E-state index is 0.0563. The van der Waals surface area contributed by atoms with Gasteiger partial charge in [0.25, 0.3) is 0 Å². The molecule has 0 N–H and O–H groups in total. The van der Waals surface area contributed by atoms with Crippen molar-refractivity contribution < 1.29 is 9.32 Å². The summed E-state index contributed by atoms with van der Waals surface area (Å²) in [5.41, 5.74) is 0.858. The largest absolute Gasteiger partial charge is 0.340 e. The molecule has 0 aromatic carbocycles. The van der Waals surface area contributed by atoms with Crippen molar-refractivity contribution in [2.45, 2.75) is 45.6 Å². The van der Waals surface area contributed by atoms with Crippen molar-refractivity contribution in [2.75, 3.05) is 6.54 Å². The Balaban J connectivity index is 1.71. The molecule has 1 aliphatic heterocycles. The maximum absolute atomic E-state index is 12.5. The molecule has 2 aromatic heterocycles. The van der Waals surface area contributed by atoms with Crippen LogP contribution >= 0.6 is 11.3 Å². The second-order valence-electron chi connectivity index (χ2n) is 5.18. The van der Waals surface area contributed by atoms with Crippen LogP contribution in [0.1, 0.15) is 48.2 Å². The Kier molecular flexibility index (Phi) is 4.01. The van der Waals surface area contributed by atoms with Crippen molar-refractivity contribution in [3.8, 4) is 0 Å². The van der Waals surface area contributed by atoms with E-state index in [4.69, 9.17) is 4.52 Å². The number of aromatic nitrogens is 3. The lowest BCUT2D eigenvalue weighted by Gasteiger charge is -2.21. The van der Waals surface area contributed by atoms with Gasteiger partial charge in [-0.2, -0.15) is 4.98 Å². The van der Waals surface area contributed by atoms with E-state index in [1.807, 2.05) is 10.3 Å². The van der Waals surface area contributed by atoms with E-state index in [0.717, 1.165) is 36.5 Å². The zero-order valence-corrected chi connectivity index (χ0v) is 13.0. The molecule has 0 bridgehead atoms. The molecule has 112 valence electrons. The van der Waals surface area contributed by atoms with Gasteiger partial charge in [0.05, 0.1) is 23.2 Å². The fraction of sp³-hybridized carbons (Fsp3) is 0.571. The quantitative estimate of drug-likeness (QED) is 0.866. The molecule has 7 heteroatoms. The molecular formula is C14H18N4O2S. The third-order valence-electron chi connectivity index (χ3n) is 3.65. The van der Waals surface area contributed by atoms with Crippen molar-refractivity contribution in [1.82, 2.24) is 20.0 Å². The molecule has 0 radical (unpaired) electrons. The second kappa shape index (κ2) is 5.93. The average molecular weight is 306 g/mol. The Morgan fingerprint density at radius 2 is 2.38 bits per heavy atom. The van der Waals surface area contributed by atoms with E-state index in [2.05, 4.69) is 22.0 Å². The summed E-state index contributed by atoms with van der Waals surface area (Å²) in [6.45, 7) is 4.58. The third kappa shape index (κ3) is 2.97. The van der Waals surface area contributed by atoms with E-state index in [1.54, 1.807) is 18.3 Å². The normalized spacial score (nSPS) is 18.4. The fourth-order valence-corrected chi connectivity index (χ4v) is 3.38. The minimum Gasteiger partial charge on any atom is -0.340 e. The van der Waals surface area contributed by atoms with Gasteiger partial charge < -0.3 is 9.42 Å². The van der Waals surface area contributed by atoms with Gasteiger partial charge in [-0.15, -0.1) is 11.3 Å². The molecule has 1 saturated heterocycles. The molecule has 0 spiro atoms. The summed E-state index contributed by atoms with van der Waals surface area (Å²) in [6.07, 6.45) is 3.13. The first-order chi connectivity index (χ1) is 10.2. The fourth-order valence-electron chi connectivity index (χ4n) is 2.63. The zero-order chi connectivity index (χ0) is 14.8. The van der Waals surface area contributed by atoms with Gasteiger partial charge in [0.1, 0.15) is 0 Å². The van der Waals surface area contributed by atoms with Crippen molar-refractivity contribution in [3.63, 3.8) is 0 Å². The molecule has 0 unspecified atom stereocenters. The monoisotopic (exact) mass is 306 g/mol. The van der Waals surface area contributed by atoms with Crippen molar-refractivity contribution in [1.29, 1.82) is 0 Å². The van der Waals surface area contributed by atoms with E-state index >= 15 is 0 Å². The van der Waals surface area contributed by atoms with Gasteiger partial charge in [0.2, 0.25) is 11.8 Å². The highest BCUT2D eigenvalue weighted by atomic mass is 32.1. The standard InChI is InChI=1S/C14H18N4O2S/c1-3-12-16-10(8-21-12)7-13(19)18-6-4-5-11(18)14-15-9(2)20-17-14/h8,11H,3-7H2,1-2H3/t11-/m0/s1. The number of carbonyl (C=O) groups is 1. The van der Waals surface area contributed by atoms with Crippen molar-refractivity contribution >= 4 is 17.2 Å². The topological polar surface area (TPSA) is 72.1 Å². The number of hydrogen-bond acceptors (Lipinski definition) is 6. The third-order valence-corrected chi connectivity index (χ3v) is 4.69. The Bertz CT molecular complexity index is 636. The van der Waals surface area contributed by atoms with Crippen LogP contribution in [0.25, 0.3) is 0 Å². The molecule has 3 rings (SSSR count). The number of aryl methyl sites for hydroxylation is 2. The molecule has 0 saturated carbocycles. The van der Waals surface area contributed by atoms with Crippen molar-refractivity contribution in [2.24, 2.45) is 0 Å². The SMILES string of the molecule is CCc1nc(CC(=O)N2CCC[C@H]2c2noc(C)n2)cs1. The Hall–Kier alpha value is -1.76. The van der Waals surface area contributed by atoms with Crippen LogP contribution < -0.4 is 0 Å². The predicted octanol–water partition coefficient (Wildman–Crippen LogP) is 2.30. The molecular weight excluding hydrogens is 288 g/mol. The van der Waals surface area contributed by atoms with Gasteiger partial charge in [-0.3, -0.25) is 4.79 Å². The van der Waals surface area contributed by atoms with E-state index in [0.29, 0.717) is 18.1 Å². The number of amides is 1. The lowest BCUT2D eigenvalue weighted by Crippen LogP contribution is -2.32. The summed E-state index contributed by atoms with van der Waals surface area (Å²) in [4.78, 5) is 23.1. The Morgan fingerprint density at radius 3 is 3.05 bits per heavy atom. The van der Waals surface area contributed by atoms with E-state index in [9.17, 15) is 4.79 Å². The first-order valence-corrected chi connectivity index (χ1v) is 8.08. The van der Waals surface area contributed by atoms with Crippen LogP contribution in [-0.2, 0) is 17.6 Å². The summed E-state index contributed by atoms with van der Waals surface area (Å²) in [7, 11) is 0. The minimum atomic E-state index is -0.0563. The van der Waals surface area contributed by atoms with Gasteiger partial charge >= 0.3 is 0 Å². The van der Waals surface area contributed by atoms with E-state index < -0.39 is 0 Å². The van der Waals surface area contributed by atoms with E-state index in [-0.39, 0.29) is 11.9 Å². The highest BCUT2D eigenvalue weighted by Crippen LogP contribution is 2.30. The second-order valence-corrected chi connectivity index (χ2v) is 6.12. The number of hydrogen-bond donors (Lipinski definition) is 0. The van der Waals surface area contributed by atoms with Gasteiger partial charge in [-0.25, -0.2) is 4.98 Å². The number of nitrogens with zero attached hydrogens (tertiary/aromatic N) is 4. The van der Waals surface area contributed by atoms with Gasteiger partial charge in [0, 0.05) is 18.8 Å². The molecule has 1 atom stereocenters. The predicted molar refractivity (Wildman–Crippen MR) is 77.9 cm³/mol. The van der Waals surface area contributed by atoms with E-state index in [1.165, 1.54) is 0 Å². The average Bonchev–Trinajstić information content (AvgIpc) is 3.17. The van der Waals surface area contributed by atoms with Crippen LogP contribution in [0.3, 0.4) is 0 Å². The van der Waals surface area contributed by atoms with Crippen LogP contribution in [0, 0.1) is 6.92 Å². The maximum Gasteiger partial charge on any atom is 0.229 e. The highest BCUT2D eigenvalue weighted by molar-refractivity contribution is 7.09. The Morgan fingerprint density at radius 1 is 1.52 bits per heavy atom. The molecule has 0 aliphatic carbocycles. The van der Waals surface area contributed by atoms with Crippen LogP contribution in [0.15, 0.2) is 9.90 Å². The summed E-state index contributed by atoms with van der Waals surface area (Å²) < 4.78 is 5.03. The molecule has 1 amide bonds. The van der Waals surface area contributed by atoms with Gasteiger partial charge in [0.15, 0.2) is 5.82 Å². The molecule has 1 fully saturated rings. The first kappa shape index (κ1) is 14.2. The zero-order valence-electron chi connectivity index (χ0n) is 12.2. The van der Waals surface area contributed by atoms with Crippen LogP contribution in [0.4, 0.5) is 0 Å². The number of likely N-dealkylation sites (tertiary alicyclic amines) is 1. The van der Waals surface area contributed by atoms with Gasteiger partial charge in [-0.1, -0.05) is 12.1 Å². The molecule has 2 aromatic rings. The number of carbonyl (C=O) groups excluding carboxylic acids is 1. The van der Waals surface area contributed by atoms with Crippen LogP contribution in [-0.4, -0.2) is 32.5 Å². The lowest BCUT2D eigenvalue weighted by atomic mass is 10.2. The summed E-state index contributed by atoms with van der Waals surface area (Å²) in [6, 6.07) is -0.0563. The number of thiazole rings is 1. The summed E-state index contributed by atoms with van der Waals surface area (Å²) in [5.74, 6) is 1.25. The van der Waals surface area contributed by atoms with Crippen molar-refractivity contribution in [3.05, 3.63) is 27.8 Å². The van der Waals surface area contributed by atoms with Crippen LogP contribution in [0.5, 0.6) is 0 Å². The molecule has 1 aliphatic rings. The van der Waals surface area contributed by atoms with Crippen LogP contribution in [0.2, 0.25) is 0 Å². The summed E-state index contributed by atoms with van der Waals surface area (Å²) >= 11 is 1.61. The summed E-state index contributed by atoms with van der Waals surface area (Å²) in [5, 5.41) is 7.01. The highest BCUT2D eigenvalue weighted by Gasteiger charge is 2.33. The van der Waals surface area contributed by atoms with Gasteiger partial charge in [-0.05, 0) is 19.3 Å². The Labute approximate surface area is 127 Å². The molecule has 6 nitrogen and oxygen atoms in total. The first-order valence-electron chi connectivity index (χ1n) is 7.20. The maximum atomic E-state index is 12.5. The molecule has 21 heavy (non-hydrogen) atoms. The smallest absolute Gasteiger partial charge is 0.229 e.